The van der Waals surface area contributed by atoms with E-state index in [1.165, 1.54) is 5.56 Å². The van der Waals surface area contributed by atoms with Gasteiger partial charge in [-0.05, 0) is 36.2 Å². The zero-order chi connectivity index (χ0) is 16.9. The van der Waals surface area contributed by atoms with Gasteiger partial charge in [-0.3, -0.25) is 0 Å². The van der Waals surface area contributed by atoms with Crippen LogP contribution in [0.5, 0.6) is 5.75 Å². The Hall–Kier alpha value is -2.73. The monoisotopic (exact) mass is 344 g/mol. The van der Waals surface area contributed by atoms with E-state index in [0.717, 1.165) is 12.2 Å². The lowest BCUT2D eigenvalue weighted by Gasteiger charge is -2.10. The normalized spacial score (nSPS) is 10.6. The van der Waals surface area contributed by atoms with Crippen LogP contribution in [0.1, 0.15) is 5.56 Å². The van der Waals surface area contributed by atoms with Crippen LogP contribution in [0.25, 0.3) is 11.5 Å². The van der Waals surface area contributed by atoms with Crippen LogP contribution in [0.4, 0.5) is 11.8 Å². The second kappa shape index (κ2) is 7.23. The molecule has 3 N–H and O–H groups in total. The molecule has 0 spiro atoms. The number of hydrogen-bond acceptors (Lipinski definition) is 6. The maximum Gasteiger partial charge on any atom is 0.222 e. The molecule has 3 rings (SSSR count). The molecule has 0 unspecified atom stereocenters. The highest BCUT2D eigenvalue weighted by Crippen LogP contribution is 2.31. The van der Waals surface area contributed by atoms with Crippen molar-refractivity contribution in [3.63, 3.8) is 0 Å². The molecular weight excluding hydrogens is 328 g/mol. The van der Waals surface area contributed by atoms with Crippen LogP contribution < -0.4 is 15.8 Å². The third kappa shape index (κ3) is 3.60. The minimum absolute atomic E-state index is 0.137. The average molecular weight is 345 g/mol. The predicted molar refractivity (Wildman–Crippen MR) is 94.3 cm³/mol. The topological polar surface area (TPSA) is 86.2 Å². The van der Waals surface area contributed by atoms with Gasteiger partial charge in [-0.1, -0.05) is 23.7 Å². The summed E-state index contributed by atoms with van der Waals surface area (Å²) >= 11 is 6.37. The third-order valence-corrected chi connectivity index (χ3v) is 3.85. The standard InChI is InChI=1S/C17H17ClN4O2/c1-23-12-6-4-11(5-7-12)8-9-20-16-14(18)15(21-17(19)22-16)13-3-2-10-24-13/h2-7,10H,8-9H2,1H3,(H3,19,20,21,22). The largest absolute Gasteiger partial charge is 0.497 e. The first kappa shape index (κ1) is 16.1. The van der Waals surface area contributed by atoms with Crippen LogP contribution in [0.3, 0.4) is 0 Å². The zero-order valence-electron chi connectivity index (χ0n) is 13.1. The molecule has 0 aliphatic carbocycles. The Morgan fingerprint density at radius 1 is 1.21 bits per heavy atom. The third-order valence-electron chi connectivity index (χ3n) is 3.49. The molecule has 0 aliphatic heterocycles. The molecule has 6 nitrogen and oxygen atoms in total. The van der Waals surface area contributed by atoms with Gasteiger partial charge in [0, 0.05) is 6.54 Å². The van der Waals surface area contributed by atoms with Crippen molar-refractivity contribution in [3.05, 3.63) is 53.2 Å². The predicted octanol–water partition coefficient (Wildman–Crippen LogP) is 3.64. The van der Waals surface area contributed by atoms with Crippen LogP contribution in [0.15, 0.2) is 47.1 Å². The lowest BCUT2D eigenvalue weighted by Crippen LogP contribution is -2.09. The Bertz CT molecular complexity index is 804. The zero-order valence-corrected chi connectivity index (χ0v) is 13.9. The van der Waals surface area contributed by atoms with Crippen molar-refractivity contribution in [1.29, 1.82) is 0 Å². The number of halogens is 1. The molecular formula is C17H17ClN4O2. The molecule has 0 amide bonds. The van der Waals surface area contributed by atoms with Gasteiger partial charge in [0.05, 0.1) is 13.4 Å². The van der Waals surface area contributed by atoms with Gasteiger partial charge in [0.15, 0.2) is 11.6 Å². The SMILES string of the molecule is COc1ccc(CCNc2nc(N)nc(-c3ccco3)c2Cl)cc1. The van der Waals surface area contributed by atoms with E-state index >= 15 is 0 Å². The van der Waals surface area contributed by atoms with Gasteiger partial charge in [0.25, 0.3) is 0 Å². The van der Waals surface area contributed by atoms with E-state index in [4.69, 9.17) is 26.5 Å². The molecule has 0 bridgehead atoms. The summed E-state index contributed by atoms with van der Waals surface area (Å²) in [4.78, 5) is 8.31. The Labute approximate surface area is 144 Å². The number of ether oxygens (including phenoxy) is 1. The van der Waals surface area contributed by atoms with Crippen LogP contribution in [0.2, 0.25) is 5.02 Å². The van der Waals surface area contributed by atoms with Crippen LogP contribution in [-0.2, 0) is 6.42 Å². The number of nitrogens with two attached hydrogens (primary N) is 1. The molecule has 24 heavy (non-hydrogen) atoms. The fourth-order valence-electron chi connectivity index (χ4n) is 2.28. The first-order valence-corrected chi connectivity index (χ1v) is 7.79. The van der Waals surface area contributed by atoms with Crippen molar-refractivity contribution < 1.29 is 9.15 Å². The average Bonchev–Trinajstić information content (AvgIpc) is 3.12. The Morgan fingerprint density at radius 2 is 2.00 bits per heavy atom. The molecule has 0 saturated heterocycles. The summed E-state index contributed by atoms with van der Waals surface area (Å²) in [5.74, 6) is 2.01. The van der Waals surface area contributed by atoms with Gasteiger partial charge in [0.1, 0.15) is 16.5 Å². The molecule has 2 aromatic heterocycles. The summed E-state index contributed by atoms with van der Waals surface area (Å²) < 4.78 is 10.5. The maximum atomic E-state index is 6.37. The van der Waals surface area contributed by atoms with Crippen LogP contribution in [0, 0.1) is 0 Å². The lowest BCUT2D eigenvalue weighted by molar-refractivity contribution is 0.414. The van der Waals surface area contributed by atoms with Gasteiger partial charge in [-0.25, -0.2) is 4.98 Å². The fraction of sp³-hybridized carbons (Fsp3) is 0.176. The number of benzene rings is 1. The second-order valence-corrected chi connectivity index (χ2v) is 5.47. The minimum atomic E-state index is 0.137. The van der Waals surface area contributed by atoms with E-state index in [2.05, 4.69) is 15.3 Å². The minimum Gasteiger partial charge on any atom is -0.497 e. The van der Waals surface area contributed by atoms with Gasteiger partial charge in [-0.15, -0.1) is 0 Å². The van der Waals surface area contributed by atoms with Crippen molar-refractivity contribution >= 4 is 23.4 Å². The molecule has 7 heteroatoms. The Morgan fingerprint density at radius 3 is 2.67 bits per heavy atom. The summed E-state index contributed by atoms with van der Waals surface area (Å²) in [5.41, 5.74) is 7.42. The summed E-state index contributed by atoms with van der Waals surface area (Å²) in [6, 6.07) is 11.4. The number of nitrogen functional groups attached to an aromatic ring is 1. The molecule has 124 valence electrons. The number of anilines is 2. The number of nitrogens with zero attached hydrogens (tertiary/aromatic N) is 2. The van der Waals surface area contributed by atoms with Gasteiger partial charge < -0.3 is 20.2 Å². The molecule has 0 fully saturated rings. The number of nitrogens with one attached hydrogen (secondary N) is 1. The van der Waals surface area contributed by atoms with E-state index in [1.807, 2.05) is 24.3 Å². The van der Waals surface area contributed by atoms with Crippen LogP contribution >= 0.6 is 11.6 Å². The smallest absolute Gasteiger partial charge is 0.222 e. The van der Waals surface area contributed by atoms with E-state index in [9.17, 15) is 0 Å². The van der Waals surface area contributed by atoms with Gasteiger partial charge in [0.2, 0.25) is 5.95 Å². The molecule has 0 saturated carbocycles. The molecule has 3 aromatic rings. The van der Waals surface area contributed by atoms with Crippen molar-refractivity contribution in [2.75, 3.05) is 24.7 Å². The maximum absolute atomic E-state index is 6.37. The quantitative estimate of drug-likeness (QED) is 0.710. The summed E-state index contributed by atoms with van der Waals surface area (Å²) in [6.07, 6.45) is 2.36. The first-order chi connectivity index (χ1) is 11.7. The fourth-order valence-corrected chi connectivity index (χ4v) is 2.52. The van der Waals surface area contributed by atoms with E-state index in [1.54, 1.807) is 25.5 Å². The van der Waals surface area contributed by atoms with Gasteiger partial charge in [-0.2, -0.15) is 4.98 Å². The summed E-state index contributed by atoms with van der Waals surface area (Å²) in [6.45, 7) is 0.653. The van der Waals surface area contributed by atoms with E-state index in [-0.39, 0.29) is 5.95 Å². The molecule has 2 heterocycles. The highest BCUT2D eigenvalue weighted by atomic mass is 35.5. The molecule has 0 aliphatic rings. The number of furan rings is 1. The van der Waals surface area contributed by atoms with Crippen molar-refractivity contribution in [2.24, 2.45) is 0 Å². The summed E-state index contributed by atoms with van der Waals surface area (Å²) in [7, 11) is 1.65. The Balaban J connectivity index is 1.70. The van der Waals surface area contributed by atoms with Crippen molar-refractivity contribution in [2.45, 2.75) is 6.42 Å². The molecule has 1 aromatic carbocycles. The van der Waals surface area contributed by atoms with Crippen molar-refractivity contribution in [1.82, 2.24) is 9.97 Å². The Kier molecular flexibility index (Phi) is 4.86. The second-order valence-electron chi connectivity index (χ2n) is 5.10. The first-order valence-electron chi connectivity index (χ1n) is 7.41. The van der Waals surface area contributed by atoms with E-state index in [0.29, 0.717) is 28.8 Å². The number of hydrogen-bond donors (Lipinski definition) is 2. The number of rotatable bonds is 6. The number of methoxy groups -OCH3 is 1. The number of aromatic nitrogens is 2. The lowest BCUT2D eigenvalue weighted by atomic mass is 10.1. The highest BCUT2D eigenvalue weighted by molar-refractivity contribution is 6.35. The highest BCUT2D eigenvalue weighted by Gasteiger charge is 2.15. The van der Waals surface area contributed by atoms with E-state index < -0.39 is 0 Å². The van der Waals surface area contributed by atoms with Crippen molar-refractivity contribution in [3.8, 4) is 17.2 Å². The molecule has 0 radical (unpaired) electrons. The summed E-state index contributed by atoms with van der Waals surface area (Å²) in [5, 5.41) is 3.58. The van der Waals surface area contributed by atoms with Gasteiger partial charge >= 0.3 is 0 Å². The molecule has 0 atom stereocenters. The van der Waals surface area contributed by atoms with Crippen LogP contribution in [-0.4, -0.2) is 23.6 Å².